The molecule has 5 rings (SSSR count). The molecule has 0 N–H and O–H groups in total. The number of carbonyl (C=O) groups excluding carboxylic acids is 1. The van der Waals surface area contributed by atoms with E-state index in [0.717, 1.165) is 47.4 Å². The summed E-state index contributed by atoms with van der Waals surface area (Å²) >= 11 is 0. The average molecular weight is 368 g/mol. The molecule has 27 heavy (non-hydrogen) atoms. The van der Waals surface area contributed by atoms with Gasteiger partial charge in [-0.05, 0) is 31.7 Å². The fourth-order valence-electron chi connectivity index (χ4n) is 4.12. The van der Waals surface area contributed by atoms with Crippen molar-refractivity contribution in [3.63, 3.8) is 0 Å². The van der Waals surface area contributed by atoms with Crippen LogP contribution >= 0.6 is 0 Å². The molecule has 0 fully saturated rings. The van der Waals surface area contributed by atoms with Gasteiger partial charge in [0.15, 0.2) is 0 Å². The zero-order chi connectivity index (χ0) is 18.5. The predicted octanol–water partition coefficient (Wildman–Crippen LogP) is 2.35. The van der Waals surface area contributed by atoms with Crippen molar-refractivity contribution < 1.29 is 18.5 Å². The monoisotopic (exact) mass is 368 g/mol. The molecule has 0 radical (unpaired) electrons. The molecule has 4 heterocycles. The maximum Gasteiger partial charge on any atom is 0.259 e. The maximum atomic E-state index is 13.5. The average Bonchev–Trinajstić information content (AvgIpc) is 3.37. The quantitative estimate of drug-likeness (QED) is 0.700. The van der Waals surface area contributed by atoms with Gasteiger partial charge in [0.1, 0.15) is 18.1 Å². The number of pyridine rings is 1. The fourth-order valence-corrected chi connectivity index (χ4v) is 4.12. The minimum absolute atomic E-state index is 0.00575. The predicted molar refractivity (Wildman–Crippen MR) is 94.2 cm³/mol. The highest BCUT2D eigenvalue weighted by Crippen LogP contribution is 2.33. The van der Waals surface area contributed by atoms with Crippen LogP contribution in [0, 0.1) is 6.92 Å². The fraction of sp³-hybridized carbons (Fsp3) is 0.474. The van der Waals surface area contributed by atoms with Crippen LogP contribution in [-0.4, -0.2) is 39.6 Å². The molecule has 8 nitrogen and oxygen atoms in total. The van der Waals surface area contributed by atoms with E-state index in [2.05, 4.69) is 15.1 Å². The normalized spacial score (nSPS) is 16.0. The van der Waals surface area contributed by atoms with Crippen molar-refractivity contribution in [1.82, 2.24) is 20.0 Å². The maximum absolute atomic E-state index is 13.5. The van der Waals surface area contributed by atoms with Crippen LogP contribution in [0.15, 0.2) is 8.94 Å². The van der Waals surface area contributed by atoms with Gasteiger partial charge in [-0.2, -0.15) is 0 Å². The standard InChI is InChI=1S/C19H20N4O4/c1-10-16-17(11-4-3-5-12(11)21-18(16)27-22-10)19(24)23-7-6-14-13(8-23)20-15(26-14)9-25-2/h3-9H2,1-2H3. The minimum atomic E-state index is -0.00575. The summed E-state index contributed by atoms with van der Waals surface area (Å²) in [5.41, 5.74) is 4.68. The first-order valence-corrected chi connectivity index (χ1v) is 9.19. The van der Waals surface area contributed by atoms with E-state index in [0.29, 0.717) is 49.0 Å². The third-order valence-corrected chi connectivity index (χ3v) is 5.36. The van der Waals surface area contributed by atoms with Crippen molar-refractivity contribution in [2.75, 3.05) is 13.7 Å². The number of methoxy groups -OCH3 is 1. The lowest BCUT2D eigenvalue weighted by atomic mass is 10.0. The lowest BCUT2D eigenvalue weighted by molar-refractivity contribution is 0.0728. The number of ether oxygens (including phenoxy) is 1. The van der Waals surface area contributed by atoms with Gasteiger partial charge in [0.25, 0.3) is 11.6 Å². The van der Waals surface area contributed by atoms with E-state index in [1.165, 1.54) is 0 Å². The van der Waals surface area contributed by atoms with Gasteiger partial charge >= 0.3 is 0 Å². The SMILES string of the molecule is COCc1nc2c(o1)CCN(C(=O)c1c3c(nc4onc(C)c14)CCC3)C2. The summed E-state index contributed by atoms with van der Waals surface area (Å²) in [6.45, 7) is 3.22. The van der Waals surface area contributed by atoms with Crippen LogP contribution in [0.2, 0.25) is 0 Å². The molecule has 0 atom stereocenters. The molecule has 0 bridgehead atoms. The summed E-state index contributed by atoms with van der Waals surface area (Å²) < 4.78 is 16.2. The van der Waals surface area contributed by atoms with E-state index < -0.39 is 0 Å². The van der Waals surface area contributed by atoms with Gasteiger partial charge in [-0.25, -0.2) is 9.97 Å². The lowest BCUT2D eigenvalue weighted by Gasteiger charge is -2.26. The third-order valence-electron chi connectivity index (χ3n) is 5.36. The van der Waals surface area contributed by atoms with Gasteiger partial charge < -0.3 is 18.6 Å². The number of amides is 1. The van der Waals surface area contributed by atoms with Crippen molar-refractivity contribution in [3.05, 3.63) is 39.9 Å². The summed E-state index contributed by atoms with van der Waals surface area (Å²) in [5.74, 6) is 1.39. The topological polar surface area (TPSA) is 94.5 Å². The number of nitrogens with zero attached hydrogens (tertiary/aromatic N) is 4. The molecule has 140 valence electrons. The Morgan fingerprint density at radius 2 is 2.11 bits per heavy atom. The van der Waals surface area contributed by atoms with Crippen molar-refractivity contribution in [3.8, 4) is 0 Å². The Morgan fingerprint density at radius 3 is 2.96 bits per heavy atom. The number of fused-ring (bicyclic) bond motifs is 3. The Kier molecular flexibility index (Phi) is 3.75. The van der Waals surface area contributed by atoms with Crippen molar-refractivity contribution in [2.45, 2.75) is 45.8 Å². The van der Waals surface area contributed by atoms with Gasteiger partial charge in [-0.15, -0.1) is 0 Å². The second-order valence-corrected chi connectivity index (χ2v) is 7.10. The number of hydrogen-bond acceptors (Lipinski definition) is 7. The van der Waals surface area contributed by atoms with Gasteiger partial charge in [0.05, 0.1) is 23.2 Å². The Hall–Kier alpha value is -2.74. The molecule has 0 spiro atoms. The van der Waals surface area contributed by atoms with Gasteiger partial charge in [-0.1, -0.05) is 5.16 Å². The number of rotatable bonds is 3. The third kappa shape index (κ3) is 2.55. The molecule has 1 aliphatic heterocycles. The van der Waals surface area contributed by atoms with E-state index in [1.807, 2.05) is 11.8 Å². The molecule has 8 heteroatoms. The lowest BCUT2D eigenvalue weighted by Crippen LogP contribution is -2.36. The van der Waals surface area contributed by atoms with Crippen LogP contribution in [0.3, 0.4) is 0 Å². The first kappa shape index (κ1) is 16.4. The van der Waals surface area contributed by atoms with E-state index in [9.17, 15) is 4.79 Å². The summed E-state index contributed by atoms with van der Waals surface area (Å²) in [6.07, 6.45) is 3.40. The summed E-state index contributed by atoms with van der Waals surface area (Å²) in [4.78, 5) is 24.4. The molecule has 1 aliphatic carbocycles. The van der Waals surface area contributed by atoms with Crippen molar-refractivity contribution in [2.24, 2.45) is 0 Å². The number of carbonyl (C=O) groups is 1. The first-order valence-electron chi connectivity index (χ1n) is 9.19. The Labute approximate surface area is 155 Å². The van der Waals surface area contributed by atoms with Crippen LogP contribution in [0.4, 0.5) is 0 Å². The largest absolute Gasteiger partial charge is 0.443 e. The molecule has 3 aromatic heterocycles. The molecule has 0 aromatic carbocycles. The van der Waals surface area contributed by atoms with E-state index in [-0.39, 0.29) is 5.91 Å². The molecule has 1 amide bonds. The van der Waals surface area contributed by atoms with Crippen molar-refractivity contribution >= 4 is 17.0 Å². The van der Waals surface area contributed by atoms with E-state index in [1.54, 1.807) is 7.11 Å². The van der Waals surface area contributed by atoms with E-state index in [4.69, 9.17) is 13.7 Å². The van der Waals surface area contributed by atoms with Gasteiger partial charge in [0.2, 0.25) is 5.89 Å². The van der Waals surface area contributed by atoms with Crippen LogP contribution in [-0.2, 0) is 37.2 Å². The van der Waals surface area contributed by atoms with E-state index >= 15 is 0 Å². The van der Waals surface area contributed by atoms with Crippen LogP contribution in [0.25, 0.3) is 11.1 Å². The molecule has 3 aromatic rings. The van der Waals surface area contributed by atoms with Crippen molar-refractivity contribution in [1.29, 1.82) is 0 Å². The Bertz CT molecular complexity index is 1050. The second-order valence-electron chi connectivity index (χ2n) is 7.10. The summed E-state index contributed by atoms with van der Waals surface area (Å²) in [6, 6.07) is 0. The molecule has 0 unspecified atom stereocenters. The molecule has 2 aliphatic rings. The Morgan fingerprint density at radius 1 is 1.22 bits per heavy atom. The highest BCUT2D eigenvalue weighted by atomic mass is 16.5. The zero-order valence-corrected chi connectivity index (χ0v) is 15.4. The summed E-state index contributed by atoms with van der Waals surface area (Å²) in [5, 5.41) is 4.78. The van der Waals surface area contributed by atoms with Crippen LogP contribution < -0.4 is 0 Å². The number of aryl methyl sites for hydroxylation is 2. The first-order chi connectivity index (χ1) is 13.2. The molecule has 0 saturated carbocycles. The Balaban J connectivity index is 1.54. The highest BCUT2D eigenvalue weighted by Gasteiger charge is 2.32. The zero-order valence-electron chi connectivity index (χ0n) is 15.4. The summed E-state index contributed by atoms with van der Waals surface area (Å²) in [7, 11) is 1.61. The number of hydrogen-bond donors (Lipinski definition) is 0. The second kappa shape index (κ2) is 6.16. The van der Waals surface area contributed by atoms with Crippen LogP contribution in [0.1, 0.15) is 51.1 Å². The number of aromatic nitrogens is 3. The molecular formula is C19H20N4O4. The minimum Gasteiger partial charge on any atom is -0.443 e. The van der Waals surface area contributed by atoms with Crippen LogP contribution in [0.5, 0.6) is 0 Å². The number of oxazole rings is 1. The van der Waals surface area contributed by atoms with Gasteiger partial charge in [0, 0.05) is 25.8 Å². The smallest absolute Gasteiger partial charge is 0.259 e. The molecule has 0 saturated heterocycles. The molecular weight excluding hydrogens is 348 g/mol. The highest BCUT2D eigenvalue weighted by molar-refractivity contribution is 6.07. The van der Waals surface area contributed by atoms with Gasteiger partial charge in [-0.3, -0.25) is 4.79 Å².